The molecular formula is C11H14Cl3NO2. The monoisotopic (exact) mass is 297 g/mol. The zero-order valence-corrected chi connectivity index (χ0v) is 11.4. The van der Waals surface area contributed by atoms with E-state index in [-0.39, 0.29) is 31.2 Å². The van der Waals surface area contributed by atoms with Gasteiger partial charge in [-0.15, -0.1) is 24.8 Å². The number of carboxylic acids is 1. The highest BCUT2D eigenvalue weighted by Crippen LogP contribution is 2.34. The lowest BCUT2D eigenvalue weighted by Crippen LogP contribution is -2.42. The zero-order chi connectivity index (χ0) is 11.1. The molecule has 0 bridgehead atoms. The molecule has 0 heterocycles. The van der Waals surface area contributed by atoms with E-state index in [4.69, 9.17) is 22.4 Å². The highest BCUT2D eigenvalue weighted by Gasteiger charge is 2.36. The van der Waals surface area contributed by atoms with E-state index >= 15 is 0 Å². The van der Waals surface area contributed by atoms with E-state index in [0.717, 1.165) is 11.1 Å². The Morgan fingerprint density at radius 3 is 2.59 bits per heavy atom. The molecule has 0 amide bonds. The second-order valence-corrected chi connectivity index (χ2v) is 4.57. The number of hydrogen-bond donors (Lipinski definition) is 2. The smallest absolute Gasteiger partial charge is 0.305 e. The lowest BCUT2D eigenvalue weighted by atomic mass is 9.93. The van der Waals surface area contributed by atoms with Crippen LogP contribution < -0.4 is 5.73 Å². The molecule has 0 fully saturated rings. The van der Waals surface area contributed by atoms with E-state index in [0.29, 0.717) is 17.9 Å². The van der Waals surface area contributed by atoms with Gasteiger partial charge in [0.25, 0.3) is 0 Å². The van der Waals surface area contributed by atoms with Crippen LogP contribution >= 0.6 is 36.4 Å². The van der Waals surface area contributed by atoms with Gasteiger partial charge in [0, 0.05) is 10.6 Å². The number of benzene rings is 1. The molecule has 1 aromatic carbocycles. The van der Waals surface area contributed by atoms with Gasteiger partial charge in [-0.05, 0) is 30.0 Å². The molecule has 0 saturated heterocycles. The lowest BCUT2D eigenvalue weighted by Gasteiger charge is -2.20. The second kappa shape index (κ2) is 5.91. The molecule has 1 aromatic rings. The summed E-state index contributed by atoms with van der Waals surface area (Å²) in [4.78, 5) is 10.7. The zero-order valence-electron chi connectivity index (χ0n) is 8.98. The summed E-state index contributed by atoms with van der Waals surface area (Å²) in [5, 5.41) is 9.46. The maximum absolute atomic E-state index is 10.7. The predicted octanol–water partition coefficient (Wildman–Crippen LogP) is 2.45. The summed E-state index contributed by atoms with van der Waals surface area (Å²) < 4.78 is 0. The first-order valence-electron chi connectivity index (χ1n) is 4.77. The van der Waals surface area contributed by atoms with Gasteiger partial charge in [-0.25, -0.2) is 0 Å². The number of halogens is 3. The Hall–Kier alpha value is -0.480. The Bertz CT molecular complexity index is 425. The summed E-state index contributed by atoms with van der Waals surface area (Å²) in [6.45, 7) is 0. The van der Waals surface area contributed by atoms with E-state index in [1.807, 2.05) is 18.2 Å². The number of carbonyl (C=O) groups is 1. The minimum atomic E-state index is -0.860. The Morgan fingerprint density at radius 2 is 2.06 bits per heavy atom. The Balaban J connectivity index is 0.00000128. The third kappa shape index (κ3) is 3.49. The van der Waals surface area contributed by atoms with Crippen molar-refractivity contribution in [3.8, 4) is 0 Å². The van der Waals surface area contributed by atoms with Crippen molar-refractivity contribution in [3.63, 3.8) is 0 Å². The van der Waals surface area contributed by atoms with E-state index in [9.17, 15) is 4.79 Å². The van der Waals surface area contributed by atoms with Crippen molar-refractivity contribution >= 4 is 42.4 Å². The van der Waals surface area contributed by atoms with E-state index in [1.165, 1.54) is 0 Å². The van der Waals surface area contributed by atoms with Crippen LogP contribution in [-0.4, -0.2) is 16.6 Å². The first-order chi connectivity index (χ1) is 7.00. The Kier molecular flexibility index (Phi) is 5.75. The van der Waals surface area contributed by atoms with Crippen molar-refractivity contribution < 1.29 is 9.90 Å². The molecule has 0 radical (unpaired) electrons. The van der Waals surface area contributed by atoms with E-state index in [2.05, 4.69) is 0 Å². The topological polar surface area (TPSA) is 63.3 Å². The van der Waals surface area contributed by atoms with Crippen molar-refractivity contribution in [2.45, 2.75) is 24.8 Å². The third-order valence-corrected chi connectivity index (χ3v) is 3.14. The maximum Gasteiger partial charge on any atom is 0.305 e. The van der Waals surface area contributed by atoms with Crippen LogP contribution in [0.5, 0.6) is 0 Å². The van der Waals surface area contributed by atoms with Crippen LogP contribution in [0.4, 0.5) is 0 Å². The molecule has 0 spiro atoms. The SMILES string of the molecule is Cl.Cl.NC1(CC(=O)O)Cc2cccc(Cl)c2C1. The molecule has 6 heteroatoms. The number of hydrogen-bond acceptors (Lipinski definition) is 2. The summed E-state index contributed by atoms with van der Waals surface area (Å²) in [5.74, 6) is -0.860. The number of fused-ring (bicyclic) bond motifs is 1. The molecule has 1 aliphatic carbocycles. The van der Waals surface area contributed by atoms with Gasteiger partial charge < -0.3 is 10.8 Å². The number of rotatable bonds is 2. The summed E-state index contributed by atoms with van der Waals surface area (Å²) in [5.41, 5.74) is 7.45. The summed E-state index contributed by atoms with van der Waals surface area (Å²) in [6, 6.07) is 5.64. The number of aliphatic carboxylic acids is 1. The molecule has 1 aliphatic rings. The Labute approximate surface area is 117 Å². The van der Waals surface area contributed by atoms with Crippen molar-refractivity contribution in [1.82, 2.24) is 0 Å². The molecular weight excluding hydrogens is 284 g/mol. The third-order valence-electron chi connectivity index (χ3n) is 2.79. The van der Waals surface area contributed by atoms with Crippen molar-refractivity contribution in [2.24, 2.45) is 5.73 Å². The largest absolute Gasteiger partial charge is 0.481 e. The van der Waals surface area contributed by atoms with E-state index in [1.54, 1.807) is 0 Å². The van der Waals surface area contributed by atoms with Crippen LogP contribution in [0.25, 0.3) is 0 Å². The van der Waals surface area contributed by atoms with Crippen LogP contribution in [-0.2, 0) is 17.6 Å². The van der Waals surface area contributed by atoms with Crippen LogP contribution in [0.2, 0.25) is 5.02 Å². The normalized spacial score (nSPS) is 21.1. The van der Waals surface area contributed by atoms with Crippen LogP contribution in [0, 0.1) is 0 Å². The average Bonchev–Trinajstić information content (AvgIpc) is 2.41. The maximum atomic E-state index is 10.7. The van der Waals surface area contributed by atoms with Gasteiger partial charge in [-0.2, -0.15) is 0 Å². The van der Waals surface area contributed by atoms with Gasteiger partial charge in [0.2, 0.25) is 0 Å². The summed E-state index contributed by atoms with van der Waals surface area (Å²) >= 11 is 6.03. The molecule has 0 aromatic heterocycles. The molecule has 2 rings (SSSR count). The quantitative estimate of drug-likeness (QED) is 0.881. The fourth-order valence-corrected chi connectivity index (χ4v) is 2.45. The van der Waals surface area contributed by atoms with Crippen molar-refractivity contribution in [2.75, 3.05) is 0 Å². The van der Waals surface area contributed by atoms with Gasteiger partial charge in [0.1, 0.15) is 0 Å². The van der Waals surface area contributed by atoms with Gasteiger partial charge in [0.05, 0.1) is 6.42 Å². The molecule has 0 saturated carbocycles. The van der Waals surface area contributed by atoms with Crippen LogP contribution in [0.15, 0.2) is 18.2 Å². The first-order valence-corrected chi connectivity index (χ1v) is 5.15. The molecule has 0 aliphatic heterocycles. The number of nitrogens with two attached hydrogens (primary N) is 1. The number of carboxylic acid groups (broad SMARTS) is 1. The van der Waals surface area contributed by atoms with Crippen LogP contribution in [0.3, 0.4) is 0 Å². The first kappa shape index (κ1) is 16.5. The van der Waals surface area contributed by atoms with Gasteiger partial charge in [0.15, 0.2) is 0 Å². The van der Waals surface area contributed by atoms with Gasteiger partial charge in [-0.1, -0.05) is 23.7 Å². The molecule has 3 nitrogen and oxygen atoms in total. The highest BCUT2D eigenvalue weighted by molar-refractivity contribution is 6.31. The predicted molar refractivity (Wildman–Crippen MR) is 72.5 cm³/mol. The van der Waals surface area contributed by atoms with Gasteiger partial charge in [-0.3, -0.25) is 4.79 Å². The van der Waals surface area contributed by atoms with Crippen LogP contribution in [0.1, 0.15) is 17.5 Å². The standard InChI is InChI=1S/C11H12ClNO2.2ClH/c12-9-3-1-2-7-4-11(13,5-8(7)9)6-10(14)15;;/h1-3H,4-6,13H2,(H,14,15);2*1H. The minimum Gasteiger partial charge on any atom is -0.481 e. The van der Waals surface area contributed by atoms with Gasteiger partial charge >= 0.3 is 5.97 Å². The average molecular weight is 299 g/mol. The lowest BCUT2D eigenvalue weighted by molar-refractivity contribution is -0.138. The molecule has 96 valence electrons. The Morgan fingerprint density at radius 1 is 1.41 bits per heavy atom. The molecule has 3 N–H and O–H groups in total. The highest BCUT2D eigenvalue weighted by atomic mass is 35.5. The second-order valence-electron chi connectivity index (χ2n) is 4.16. The van der Waals surface area contributed by atoms with E-state index < -0.39 is 11.5 Å². The fraction of sp³-hybridized carbons (Fsp3) is 0.364. The summed E-state index contributed by atoms with van der Waals surface area (Å²) in [7, 11) is 0. The van der Waals surface area contributed by atoms with Crippen molar-refractivity contribution in [1.29, 1.82) is 0 Å². The molecule has 1 unspecified atom stereocenters. The minimum absolute atomic E-state index is 0. The fourth-order valence-electron chi connectivity index (χ4n) is 2.19. The molecule has 17 heavy (non-hydrogen) atoms. The molecule has 1 atom stereocenters. The van der Waals surface area contributed by atoms with Crippen molar-refractivity contribution in [3.05, 3.63) is 34.3 Å². The summed E-state index contributed by atoms with van der Waals surface area (Å²) in [6.07, 6.45) is 1.13.